The highest BCUT2D eigenvalue weighted by Gasteiger charge is 2.73. The van der Waals surface area contributed by atoms with Gasteiger partial charge in [0.2, 0.25) is 0 Å². The Kier molecular flexibility index (Phi) is 6.72. The molecule has 2 heterocycles. The van der Waals surface area contributed by atoms with Crippen LogP contribution in [-0.2, 0) is 28.0 Å². The van der Waals surface area contributed by atoms with Crippen molar-refractivity contribution in [2.45, 2.75) is 127 Å². The van der Waals surface area contributed by atoms with Gasteiger partial charge < -0.3 is 34.3 Å². The summed E-state index contributed by atoms with van der Waals surface area (Å²) in [7, 11) is -2.71. The number of ether oxygens (including phenoxy) is 4. The van der Waals surface area contributed by atoms with Crippen molar-refractivity contribution in [3.05, 3.63) is 0 Å². The minimum absolute atomic E-state index is 0.0365. The van der Waals surface area contributed by atoms with Gasteiger partial charge >= 0.3 is 7.94 Å². The topological polar surface area (TPSA) is 140 Å². The Morgan fingerprint density at radius 1 is 0.972 bits per heavy atom. The van der Waals surface area contributed by atoms with Gasteiger partial charge in [-0.15, -0.1) is 4.52 Å². The molecular weight excluding hydrogens is 491 g/mol. The van der Waals surface area contributed by atoms with Gasteiger partial charge in [0, 0.05) is 12.3 Å². The molecule has 0 aromatic rings. The molecule has 11 heteroatoms. The lowest BCUT2D eigenvalue weighted by Crippen LogP contribution is -2.72. The van der Waals surface area contributed by atoms with E-state index in [1.54, 1.807) is 6.92 Å². The van der Waals surface area contributed by atoms with Gasteiger partial charge in [-0.25, -0.2) is 0 Å². The van der Waals surface area contributed by atoms with Gasteiger partial charge in [0.1, 0.15) is 30.0 Å². The van der Waals surface area contributed by atoms with Crippen molar-refractivity contribution < 1.29 is 48.2 Å². The van der Waals surface area contributed by atoms with Gasteiger partial charge in [0.25, 0.3) is 5.85 Å². The number of hydrogen-bond acceptors (Lipinski definition) is 10. The molecular formula is C25H44O10P+. The lowest BCUT2D eigenvalue weighted by atomic mass is 9.41. The van der Waals surface area contributed by atoms with E-state index in [0.717, 1.165) is 19.3 Å². The standard InChI is InChI=1S/C25H44O10P/c1-15-33-36(15,29)35-23(6)8-22(5,9-23)13-30-19-17(27)16(7-26)32-20(18(19)28)31-14-24-10-25(11-24,12-24)34-21(2,3)4/h15-20,26-29H,7-14H2,1-6H3/q+1. The molecule has 0 radical (unpaired) electrons. The van der Waals surface area contributed by atoms with Crippen LogP contribution < -0.4 is 0 Å². The molecule has 7 unspecified atom stereocenters. The van der Waals surface area contributed by atoms with Crippen LogP contribution in [0.1, 0.15) is 73.6 Å². The fourth-order valence-electron chi connectivity index (χ4n) is 7.27. The fraction of sp³-hybridized carbons (Fsp3) is 1.00. The molecule has 0 aromatic carbocycles. The molecule has 7 atom stereocenters. The Hall–Kier alpha value is 0.0300. The van der Waals surface area contributed by atoms with Crippen molar-refractivity contribution in [3.8, 4) is 0 Å². The third-order valence-electron chi connectivity index (χ3n) is 8.28. The van der Waals surface area contributed by atoms with Gasteiger partial charge in [0.15, 0.2) is 6.29 Å². The van der Waals surface area contributed by atoms with E-state index in [1.807, 2.05) is 13.8 Å². The van der Waals surface area contributed by atoms with Crippen LogP contribution in [0.4, 0.5) is 0 Å². The highest BCUT2D eigenvalue weighted by Crippen LogP contribution is 2.80. The summed E-state index contributed by atoms with van der Waals surface area (Å²) in [4.78, 5) is 10.3. The Morgan fingerprint density at radius 2 is 1.58 bits per heavy atom. The lowest BCUT2D eigenvalue weighted by Gasteiger charge is -2.71. The molecule has 36 heavy (non-hydrogen) atoms. The molecule has 10 nitrogen and oxygen atoms in total. The van der Waals surface area contributed by atoms with Crippen LogP contribution in [0.2, 0.25) is 0 Å². The number of rotatable bonds is 10. The maximum Gasteiger partial charge on any atom is 0.448 e. The number of aliphatic hydroxyl groups is 3. The van der Waals surface area contributed by atoms with Crippen molar-refractivity contribution in [1.82, 2.24) is 0 Å². The van der Waals surface area contributed by atoms with E-state index in [4.69, 9.17) is 28.0 Å². The van der Waals surface area contributed by atoms with Crippen molar-refractivity contribution in [2.75, 3.05) is 19.8 Å². The second kappa shape index (κ2) is 8.77. The van der Waals surface area contributed by atoms with Gasteiger partial charge in [-0.1, -0.05) is 6.92 Å². The maximum absolute atomic E-state index is 11.0. The molecule has 4 aliphatic carbocycles. The molecule has 2 saturated heterocycles. The van der Waals surface area contributed by atoms with Crippen molar-refractivity contribution in [1.29, 1.82) is 0 Å². The first-order valence-corrected chi connectivity index (χ1v) is 14.7. The minimum Gasteiger partial charge on any atom is -0.394 e. The van der Waals surface area contributed by atoms with Crippen LogP contribution >= 0.6 is 7.94 Å². The molecule has 0 amide bonds. The van der Waals surface area contributed by atoms with Gasteiger partial charge in [-0.2, -0.15) is 9.42 Å². The predicted octanol–water partition coefficient (Wildman–Crippen LogP) is 2.27. The molecule has 4 N–H and O–H groups in total. The Labute approximate surface area is 214 Å². The Balaban J connectivity index is 1.12. The highest BCUT2D eigenvalue weighted by atomic mass is 31.2. The summed E-state index contributed by atoms with van der Waals surface area (Å²) >= 11 is 0. The van der Waals surface area contributed by atoms with Crippen LogP contribution in [0, 0.1) is 10.8 Å². The summed E-state index contributed by atoms with van der Waals surface area (Å²) in [5.41, 5.74) is -0.940. The number of aliphatic hydroxyl groups excluding tert-OH is 3. The summed E-state index contributed by atoms with van der Waals surface area (Å²) in [6, 6.07) is 0. The fourth-order valence-corrected chi connectivity index (χ4v) is 8.85. The monoisotopic (exact) mass is 535 g/mol. The molecule has 4 saturated carbocycles. The van der Waals surface area contributed by atoms with Gasteiger partial charge in [0.05, 0.1) is 31.0 Å². The molecule has 6 fully saturated rings. The van der Waals surface area contributed by atoms with E-state index < -0.39 is 50.9 Å². The molecule has 0 aromatic heterocycles. The first-order valence-electron chi connectivity index (χ1n) is 13.1. The molecule has 6 aliphatic rings. The average molecular weight is 536 g/mol. The van der Waals surface area contributed by atoms with Gasteiger partial charge in [-0.05, 0) is 65.2 Å². The molecule has 2 aliphatic heterocycles. The van der Waals surface area contributed by atoms with E-state index in [2.05, 4.69) is 20.8 Å². The lowest BCUT2D eigenvalue weighted by molar-refractivity contribution is -0.358. The van der Waals surface area contributed by atoms with Gasteiger partial charge in [-0.3, -0.25) is 0 Å². The average Bonchev–Trinajstić information content (AvgIpc) is 3.26. The predicted molar refractivity (Wildman–Crippen MR) is 130 cm³/mol. The van der Waals surface area contributed by atoms with Crippen molar-refractivity contribution >= 4 is 7.94 Å². The maximum atomic E-state index is 11.0. The molecule has 2 bridgehead atoms. The first-order chi connectivity index (χ1) is 16.5. The van der Waals surface area contributed by atoms with Crippen LogP contribution in [0.25, 0.3) is 0 Å². The van der Waals surface area contributed by atoms with Crippen LogP contribution in [0.15, 0.2) is 0 Å². The minimum atomic E-state index is -2.71. The van der Waals surface area contributed by atoms with Crippen molar-refractivity contribution in [2.24, 2.45) is 10.8 Å². The van der Waals surface area contributed by atoms with E-state index in [9.17, 15) is 20.2 Å². The zero-order valence-electron chi connectivity index (χ0n) is 22.3. The third-order valence-corrected chi connectivity index (χ3v) is 10.4. The quantitative estimate of drug-likeness (QED) is 0.243. The summed E-state index contributed by atoms with van der Waals surface area (Å²) in [6.07, 6.45) is -1.20. The van der Waals surface area contributed by atoms with E-state index in [-0.39, 0.29) is 34.5 Å². The molecule has 6 rings (SSSR count). The van der Waals surface area contributed by atoms with Crippen LogP contribution in [-0.4, -0.2) is 93.4 Å². The second-order valence-corrected chi connectivity index (χ2v) is 15.9. The zero-order chi connectivity index (χ0) is 26.4. The zero-order valence-corrected chi connectivity index (χ0v) is 23.2. The SMILES string of the molecule is CC1O[P+]1(O)OC1(C)CC(C)(COC2C(O)C(CO)OC(OCC34CC(OC(C)(C)C)(C3)C4)C2O)C1. The first kappa shape index (κ1) is 27.6. The summed E-state index contributed by atoms with van der Waals surface area (Å²) in [5.74, 6) is -0.237. The Bertz CT molecular complexity index is 821. The summed E-state index contributed by atoms with van der Waals surface area (Å²) in [6.45, 7) is 12.3. The highest BCUT2D eigenvalue weighted by molar-refractivity contribution is 7.67. The van der Waals surface area contributed by atoms with E-state index in [1.165, 1.54) is 0 Å². The summed E-state index contributed by atoms with van der Waals surface area (Å²) in [5, 5.41) is 31.5. The largest absolute Gasteiger partial charge is 0.448 e. The molecule has 208 valence electrons. The number of hydrogen-bond donors (Lipinski definition) is 4. The van der Waals surface area contributed by atoms with E-state index >= 15 is 0 Å². The van der Waals surface area contributed by atoms with Crippen LogP contribution in [0.3, 0.4) is 0 Å². The summed E-state index contributed by atoms with van der Waals surface area (Å²) < 4.78 is 35.1. The second-order valence-electron chi connectivity index (χ2n) is 13.7. The Morgan fingerprint density at radius 3 is 2.11 bits per heavy atom. The normalized spacial score (nSPS) is 53.8. The van der Waals surface area contributed by atoms with Crippen LogP contribution in [0.5, 0.6) is 0 Å². The molecule has 0 spiro atoms. The van der Waals surface area contributed by atoms with E-state index in [0.29, 0.717) is 19.4 Å². The van der Waals surface area contributed by atoms with Crippen molar-refractivity contribution in [3.63, 3.8) is 0 Å². The smallest absolute Gasteiger partial charge is 0.394 e. The third kappa shape index (κ3) is 5.13.